The van der Waals surface area contributed by atoms with Crippen molar-refractivity contribution in [3.05, 3.63) is 206 Å². The van der Waals surface area contributed by atoms with Crippen molar-refractivity contribution in [1.82, 2.24) is 19.1 Å². The Hall–Kier alpha value is -7.82. The van der Waals surface area contributed by atoms with Crippen LogP contribution in [0.25, 0.3) is 110 Å². The van der Waals surface area contributed by atoms with Crippen molar-refractivity contribution in [3.8, 4) is 45.3 Å². The standard InChI is InChI=1S/C54H34N4/c1-2-16-35(17-3-1)47-34-48(56-54(55-47)53-41-20-6-4-18-36(41)30-37-19-5-7-21-42(37)53)38-31-39(57-49-26-12-8-22-43(49)44-23-9-13-27-50(44)57)33-40(32-38)58-51-28-14-10-24-45(51)46-25-11-15-29-52(46)58/h1-34H. The van der Waals surface area contributed by atoms with Crippen LogP contribution in [-0.4, -0.2) is 19.1 Å². The number of fused-ring (bicyclic) bond motifs is 8. The van der Waals surface area contributed by atoms with Gasteiger partial charge in [-0.3, -0.25) is 0 Å². The molecule has 9 aromatic carbocycles. The van der Waals surface area contributed by atoms with Gasteiger partial charge in [0.25, 0.3) is 0 Å². The molecule has 0 aliphatic carbocycles. The molecule has 0 unspecified atom stereocenters. The molecule has 4 heteroatoms. The first kappa shape index (κ1) is 32.4. The highest BCUT2D eigenvalue weighted by molar-refractivity contribution is 6.13. The van der Waals surface area contributed by atoms with E-state index in [0.29, 0.717) is 5.82 Å². The smallest absolute Gasteiger partial charge is 0.161 e. The van der Waals surface area contributed by atoms with Crippen LogP contribution in [0.1, 0.15) is 0 Å². The van der Waals surface area contributed by atoms with Gasteiger partial charge in [-0.25, -0.2) is 9.97 Å². The van der Waals surface area contributed by atoms with Crippen molar-refractivity contribution in [1.29, 1.82) is 0 Å². The van der Waals surface area contributed by atoms with Crippen LogP contribution in [0.15, 0.2) is 206 Å². The lowest BCUT2D eigenvalue weighted by Crippen LogP contribution is -2.02. The Labute approximate surface area is 334 Å². The molecule has 0 saturated heterocycles. The van der Waals surface area contributed by atoms with Gasteiger partial charge < -0.3 is 9.13 Å². The van der Waals surface area contributed by atoms with Crippen LogP contribution in [0.4, 0.5) is 0 Å². The summed E-state index contributed by atoms with van der Waals surface area (Å²) in [6.07, 6.45) is 0. The first-order valence-electron chi connectivity index (χ1n) is 19.7. The lowest BCUT2D eigenvalue weighted by molar-refractivity contribution is 1.13. The zero-order chi connectivity index (χ0) is 38.2. The summed E-state index contributed by atoms with van der Waals surface area (Å²) in [6.45, 7) is 0. The number of hydrogen-bond donors (Lipinski definition) is 0. The van der Waals surface area contributed by atoms with Gasteiger partial charge in [0, 0.05) is 49.6 Å². The first-order chi connectivity index (χ1) is 28.8. The number of aromatic nitrogens is 4. The van der Waals surface area contributed by atoms with Crippen LogP contribution in [0.2, 0.25) is 0 Å². The number of benzene rings is 9. The summed E-state index contributed by atoms with van der Waals surface area (Å²) in [7, 11) is 0. The van der Waals surface area contributed by atoms with Gasteiger partial charge in [-0.1, -0.05) is 152 Å². The minimum absolute atomic E-state index is 0.699. The predicted octanol–water partition coefficient (Wildman–Crippen LogP) is 14.0. The third kappa shape index (κ3) is 5.02. The highest BCUT2D eigenvalue weighted by atomic mass is 15.0. The molecule has 0 fully saturated rings. The molecule has 0 bridgehead atoms. The Morgan fingerprint density at radius 3 is 1.14 bits per heavy atom. The summed E-state index contributed by atoms with van der Waals surface area (Å²) < 4.78 is 4.81. The molecule has 4 nitrogen and oxygen atoms in total. The second-order valence-electron chi connectivity index (χ2n) is 15.0. The highest BCUT2D eigenvalue weighted by Crippen LogP contribution is 2.40. The van der Waals surface area contributed by atoms with E-state index in [-0.39, 0.29) is 0 Å². The second kappa shape index (κ2) is 12.9. The molecule has 0 saturated carbocycles. The Balaban J connectivity index is 1.20. The minimum atomic E-state index is 0.699. The molecular weight excluding hydrogens is 705 g/mol. The van der Waals surface area contributed by atoms with Gasteiger partial charge >= 0.3 is 0 Å². The quantitative estimate of drug-likeness (QED) is 0.165. The van der Waals surface area contributed by atoms with Gasteiger partial charge in [0.1, 0.15) is 0 Å². The van der Waals surface area contributed by atoms with E-state index in [2.05, 4.69) is 215 Å². The monoisotopic (exact) mass is 738 g/mol. The fourth-order valence-corrected chi connectivity index (χ4v) is 9.12. The Morgan fingerprint density at radius 1 is 0.293 bits per heavy atom. The topological polar surface area (TPSA) is 35.6 Å². The molecule has 0 amide bonds. The molecule has 0 aliphatic heterocycles. The highest BCUT2D eigenvalue weighted by Gasteiger charge is 2.20. The van der Waals surface area contributed by atoms with Crippen molar-refractivity contribution < 1.29 is 0 Å². The van der Waals surface area contributed by atoms with E-state index in [4.69, 9.17) is 9.97 Å². The molecule has 12 rings (SSSR count). The largest absolute Gasteiger partial charge is 0.309 e. The number of nitrogens with zero attached hydrogens (tertiary/aromatic N) is 4. The molecule has 0 radical (unpaired) electrons. The van der Waals surface area contributed by atoms with E-state index < -0.39 is 0 Å². The summed E-state index contributed by atoms with van der Waals surface area (Å²) in [5.74, 6) is 0.699. The third-order valence-corrected chi connectivity index (χ3v) is 11.7. The molecule has 3 aromatic heterocycles. The van der Waals surface area contributed by atoms with Crippen molar-refractivity contribution in [3.63, 3.8) is 0 Å². The lowest BCUT2D eigenvalue weighted by atomic mass is 9.96. The van der Waals surface area contributed by atoms with E-state index in [0.717, 1.165) is 83.1 Å². The zero-order valence-electron chi connectivity index (χ0n) is 31.4. The number of hydrogen-bond acceptors (Lipinski definition) is 2. The maximum Gasteiger partial charge on any atom is 0.161 e. The van der Waals surface area contributed by atoms with E-state index in [1.807, 2.05) is 0 Å². The van der Waals surface area contributed by atoms with Crippen LogP contribution in [0.5, 0.6) is 0 Å². The zero-order valence-corrected chi connectivity index (χ0v) is 31.4. The maximum atomic E-state index is 5.56. The predicted molar refractivity (Wildman–Crippen MR) is 242 cm³/mol. The SMILES string of the molecule is c1ccc(-c2cc(-c3cc(-n4c5ccccc5c5ccccc54)cc(-n4c5ccccc5c5ccccc54)c3)nc(-c3c4ccccc4cc4ccccc34)n2)cc1. The fourth-order valence-electron chi connectivity index (χ4n) is 9.12. The van der Waals surface area contributed by atoms with Crippen LogP contribution >= 0.6 is 0 Å². The molecular formula is C54H34N4. The minimum Gasteiger partial charge on any atom is -0.309 e. The summed E-state index contributed by atoms with van der Waals surface area (Å²) in [6, 6.07) is 73.9. The molecule has 0 spiro atoms. The first-order valence-corrected chi connectivity index (χ1v) is 19.7. The third-order valence-electron chi connectivity index (χ3n) is 11.7. The van der Waals surface area contributed by atoms with Crippen LogP contribution in [0, 0.1) is 0 Å². The molecule has 270 valence electrons. The summed E-state index contributed by atoms with van der Waals surface area (Å²) in [4.78, 5) is 11.0. The van der Waals surface area contributed by atoms with Gasteiger partial charge in [0.2, 0.25) is 0 Å². The summed E-state index contributed by atoms with van der Waals surface area (Å²) in [5, 5.41) is 9.47. The molecule has 0 N–H and O–H groups in total. The number of rotatable bonds is 5. The van der Waals surface area contributed by atoms with Crippen LogP contribution in [-0.2, 0) is 0 Å². The van der Waals surface area contributed by atoms with Crippen LogP contribution < -0.4 is 0 Å². The van der Waals surface area contributed by atoms with E-state index in [1.165, 1.54) is 21.5 Å². The van der Waals surface area contributed by atoms with Gasteiger partial charge in [-0.2, -0.15) is 0 Å². The molecule has 58 heavy (non-hydrogen) atoms. The molecule has 12 aromatic rings. The molecule has 3 heterocycles. The normalized spacial score (nSPS) is 11.8. The van der Waals surface area contributed by atoms with Crippen molar-refractivity contribution in [2.75, 3.05) is 0 Å². The van der Waals surface area contributed by atoms with Crippen molar-refractivity contribution in [2.45, 2.75) is 0 Å². The Bertz CT molecular complexity index is 3280. The molecule has 0 atom stereocenters. The average molecular weight is 739 g/mol. The van der Waals surface area contributed by atoms with Gasteiger partial charge in [0.15, 0.2) is 5.82 Å². The van der Waals surface area contributed by atoms with Crippen molar-refractivity contribution >= 4 is 65.2 Å². The van der Waals surface area contributed by atoms with E-state index in [1.54, 1.807) is 0 Å². The maximum absolute atomic E-state index is 5.56. The molecule has 0 aliphatic rings. The summed E-state index contributed by atoms with van der Waals surface area (Å²) >= 11 is 0. The van der Waals surface area contributed by atoms with E-state index in [9.17, 15) is 0 Å². The summed E-state index contributed by atoms with van der Waals surface area (Å²) in [5.41, 5.74) is 11.5. The lowest BCUT2D eigenvalue weighted by Gasteiger charge is -2.17. The average Bonchev–Trinajstić information content (AvgIpc) is 3.81. The van der Waals surface area contributed by atoms with Gasteiger partial charge in [-0.05, 0) is 76.1 Å². The Kier molecular flexibility index (Phi) is 7.20. The fraction of sp³-hybridized carbons (Fsp3) is 0. The number of para-hydroxylation sites is 4. The van der Waals surface area contributed by atoms with Crippen LogP contribution in [0.3, 0.4) is 0 Å². The van der Waals surface area contributed by atoms with Gasteiger partial charge in [0.05, 0.1) is 33.5 Å². The van der Waals surface area contributed by atoms with E-state index >= 15 is 0 Å². The van der Waals surface area contributed by atoms with Crippen molar-refractivity contribution in [2.24, 2.45) is 0 Å². The van der Waals surface area contributed by atoms with Gasteiger partial charge in [-0.15, -0.1) is 0 Å². The Morgan fingerprint density at radius 2 is 0.672 bits per heavy atom. The second-order valence-corrected chi connectivity index (χ2v) is 15.0.